The van der Waals surface area contributed by atoms with Crippen LogP contribution in [0, 0.1) is 0 Å². The molecule has 0 spiro atoms. The number of halogens is 5. The molecule has 0 fully saturated rings. The molecule has 0 N–H and O–H groups in total. The quantitative estimate of drug-likeness (QED) is 0.343. The molecule has 0 aliphatic rings. The number of rotatable bonds is 1. The van der Waals surface area contributed by atoms with E-state index < -0.39 is 11.7 Å². The number of para-hydroxylation sites is 1. The predicted octanol–water partition coefficient (Wildman–Crippen LogP) is 6.70. The summed E-state index contributed by atoms with van der Waals surface area (Å²) in [6.07, 6.45) is -2.56. The second-order valence-electron chi connectivity index (χ2n) is 5.64. The van der Waals surface area contributed by atoms with Gasteiger partial charge in [0.25, 0.3) is 0 Å². The van der Waals surface area contributed by atoms with Crippen LogP contribution in [0.5, 0.6) is 0 Å². The molecule has 0 unspecified atom stereocenters. The van der Waals surface area contributed by atoms with Crippen LogP contribution in [-0.4, -0.2) is 15.2 Å². The molecule has 0 radical (unpaired) electrons. The van der Waals surface area contributed by atoms with E-state index in [0.717, 1.165) is 17.6 Å². The fourth-order valence-corrected chi connectivity index (χ4v) is 2.76. The smallest absolute Gasteiger partial charge is 0.256 e. The van der Waals surface area contributed by atoms with Crippen molar-refractivity contribution in [1.29, 1.82) is 0 Å². The van der Waals surface area contributed by atoms with Crippen LogP contribution in [0.4, 0.5) is 13.2 Å². The Kier molecular flexibility index (Phi) is 6.11. The monoisotopic (exact) mass is 421 g/mol. The highest BCUT2D eigenvalue weighted by molar-refractivity contribution is 6.33. The van der Waals surface area contributed by atoms with E-state index in [1.807, 2.05) is 30.5 Å². The maximum Gasteiger partial charge on any atom is 0.416 e. The van der Waals surface area contributed by atoms with Crippen molar-refractivity contribution in [3.63, 3.8) is 0 Å². The molecule has 0 bridgehead atoms. The Morgan fingerprint density at radius 1 is 0.786 bits per heavy atom. The van der Waals surface area contributed by atoms with Gasteiger partial charge in [-0.2, -0.15) is 13.2 Å². The van der Waals surface area contributed by atoms with E-state index in [-0.39, 0.29) is 10.3 Å². The van der Waals surface area contributed by atoms with Crippen molar-refractivity contribution in [2.24, 2.45) is 0 Å². The van der Waals surface area contributed by atoms with E-state index in [9.17, 15) is 13.2 Å². The Balaban J connectivity index is 0.000000188. The van der Waals surface area contributed by atoms with Gasteiger partial charge in [-0.3, -0.25) is 4.98 Å². The van der Waals surface area contributed by atoms with E-state index in [0.29, 0.717) is 11.1 Å². The van der Waals surface area contributed by atoms with Crippen molar-refractivity contribution < 1.29 is 13.2 Å². The van der Waals surface area contributed by atoms with Crippen LogP contribution < -0.4 is 0 Å². The summed E-state index contributed by atoms with van der Waals surface area (Å²) < 4.78 is 37.2. The minimum atomic E-state index is -4.36. The third-order valence-electron chi connectivity index (χ3n) is 3.75. The van der Waals surface area contributed by atoms with Gasteiger partial charge in [0.05, 0.1) is 11.1 Å². The second kappa shape index (κ2) is 8.54. The van der Waals surface area contributed by atoms with Crippen molar-refractivity contribution in [3.05, 3.63) is 88.8 Å². The van der Waals surface area contributed by atoms with Gasteiger partial charge in [-0.05, 0) is 35.9 Å². The highest BCUT2D eigenvalue weighted by Gasteiger charge is 2.30. The molecule has 28 heavy (non-hydrogen) atoms. The van der Waals surface area contributed by atoms with E-state index in [1.54, 1.807) is 0 Å². The van der Waals surface area contributed by atoms with Gasteiger partial charge in [0.15, 0.2) is 10.3 Å². The van der Waals surface area contributed by atoms with Crippen LogP contribution in [0.25, 0.3) is 22.0 Å². The van der Waals surface area contributed by atoms with E-state index >= 15 is 0 Å². The zero-order chi connectivity index (χ0) is 20.1. The Morgan fingerprint density at radius 2 is 1.46 bits per heavy atom. The maximum absolute atomic E-state index is 12.4. The highest BCUT2D eigenvalue weighted by atomic mass is 35.5. The Hall–Kier alpha value is -2.70. The number of pyridine rings is 1. The van der Waals surface area contributed by atoms with Crippen molar-refractivity contribution in [2.45, 2.75) is 6.18 Å². The number of fused-ring (bicyclic) bond motifs is 1. The Bertz CT molecular complexity index is 1020. The van der Waals surface area contributed by atoms with Gasteiger partial charge in [0.2, 0.25) is 0 Å². The number of nitrogens with zero attached hydrogens (tertiary/aromatic N) is 3. The second-order valence-corrected chi connectivity index (χ2v) is 6.39. The minimum absolute atomic E-state index is 0.0826. The molecule has 0 atom stereocenters. The summed E-state index contributed by atoms with van der Waals surface area (Å²) >= 11 is 11.5. The minimum Gasteiger partial charge on any atom is -0.256 e. The van der Waals surface area contributed by atoms with Crippen LogP contribution >= 0.6 is 23.2 Å². The Labute approximate surface area is 168 Å². The van der Waals surface area contributed by atoms with Crippen LogP contribution in [0.2, 0.25) is 10.3 Å². The number of hydrogen-bond acceptors (Lipinski definition) is 3. The fourth-order valence-electron chi connectivity index (χ4n) is 2.41. The first-order valence-corrected chi connectivity index (χ1v) is 8.76. The normalized spacial score (nSPS) is 11.0. The SMILES string of the molecule is FC(F)(F)c1ccc(-c2cc(Cl)nnc2Cl)cc1.c1ccc2ncccc2c1. The Morgan fingerprint density at radius 3 is 2.14 bits per heavy atom. The lowest BCUT2D eigenvalue weighted by molar-refractivity contribution is -0.137. The summed E-state index contributed by atoms with van der Waals surface area (Å²) in [5, 5.41) is 8.51. The van der Waals surface area contributed by atoms with Gasteiger partial charge in [0.1, 0.15) is 0 Å². The average Bonchev–Trinajstić information content (AvgIpc) is 2.70. The van der Waals surface area contributed by atoms with Crippen molar-refractivity contribution >= 4 is 34.1 Å². The van der Waals surface area contributed by atoms with E-state index in [2.05, 4.69) is 27.3 Å². The number of benzene rings is 2. The van der Waals surface area contributed by atoms with Crippen molar-refractivity contribution in [1.82, 2.24) is 15.2 Å². The molecule has 4 aromatic rings. The summed E-state index contributed by atoms with van der Waals surface area (Å²) in [5.41, 5.74) is 1.26. The molecule has 142 valence electrons. The highest BCUT2D eigenvalue weighted by Crippen LogP contribution is 2.32. The molecule has 0 aliphatic heterocycles. The number of hydrogen-bond donors (Lipinski definition) is 0. The zero-order valence-electron chi connectivity index (χ0n) is 14.2. The fraction of sp³-hybridized carbons (Fsp3) is 0.0500. The lowest BCUT2D eigenvalue weighted by Gasteiger charge is -2.08. The standard InChI is InChI=1S/C11H5Cl2F3N2.C9H7N/c12-9-5-8(10(13)18-17-9)6-1-3-7(4-2-6)11(14,15)16;1-2-6-9-8(4-1)5-3-7-10-9/h1-5H;1-7H. The molecule has 8 heteroatoms. The number of alkyl halides is 3. The lowest BCUT2D eigenvalue weighted by Crippen LogP contribution is -2.04. The topological polar surface area (TPSA) is 38.7 Å². The van der Waals surface area contributed by atoms with E-state index in [1.165, 1.54) is 23.6 Å². The summed E-state index contributed by atoms with van der Waals surface area (Å²) in [7, 11) is 0. The summed E-state index contributed by atoms with van der Waals surface area (Å²) in [5.74, 6) is 0. The largest absolute Gasteiger partial charge is 0.416 e. The van der Waals surface area contributed by atoms with Gasteiger partial charge in [-0.1, -0.05) is 59.6 Å². The van der Waals surface area contributed by atoms with Crippen LogP contribution in [-0.2, 0) is 6.18 Å². The first-order chi connectivity index (χ1) is 13.3. The first-order valence-electron chi connectivity index (χ1n) is 8.01. The molecule has 0 saturated carbocycles. The molecule has 2 aromatic heterocycles. The van der Waals surface area contributed by atoms with Crippen molar-refractivity contribution in [3.8, 4) is 11.1 Å². The van der Waals surface area contributed by atoms with E-state index in [4.69, 9.17) is 23.2 Å². The molecule has 0 saturated heterocycles. The zero-order valence-corrected chi connectivity index (χ0v) is 15.7. The summed E-state index contributed by atoms with van der Waals surface area (Å²) in [4.78, 5) is 4.18. The van der Waals surface area contributed by atoms with Crippen LogP contribution in [0.1, 0.15) is 5.56 Å². The van der Waals surface area contributed by atoms with Crippen molar-refractivity contribution in [2.75, 3.05) is 0 Å². The van der Waals surface area contributed by atoms with Crippen LogP contribution in [0.3, 0.4) is 0 Å². The van der Waals surface area contributed by atoms with Gasteiger partial charge in [-0.15, -0.1) is 10.2 Å². The lowest BCUT2D eigenvalue weighted by atomic mass is 10.1. The average molecular weight is 422 g/mol. The molecule has 0 aliphatic carbocycles. The first kappa shape index (κ1) is 20.0. The molecule has 2 aromatic carbocycles. The van der Waals surface area contributed by atoms with Gasteiger partial charge < -0.3 is 0 Å². The summed E-state index contributed by atoms with van der Waals surface area (Å²) in [6, 6.07) is 18.1. The predicted molar refractivity (Wildman–Crippen MR) is 104 cm³/mol. The molecule has 2 heterocycles. The summed E-state index contributed by atoms with van der Waals surface area (Å²) in [6.45, 7) is 0. The third kappa shape index (κ3) is 4.97. The molecular formula is C20H12Cl2F3N3. The number of aromatic nitrogens is 3. The molecule has 0 amide bonds. The maximum atomic E-state index is 12.4. The van der Waals surface area contributed by atoms with Gasteiger partial charge >= 0.3 is 6.18 Å². The molecular weight excluding hydrogens is 410 g/mol. The molecule has 3 nitrogen and oxygen atoms in total. The van der Waals surface area contributed by atoms with Gasteiger partial charge in [0, 0.05) is 17.1 Å². The third-order valence-corrected chi connectivity index (χ3v) is 4.22. The van der Waals surface area contributed by atoms with Gasteiger partial charge in [-0.25, -0.2) is 0 Å². The molecule has 4 rings (SSSR count). The van der Waals surface area contributed by atoms with Crippen LogP contribution in [0.15, 0.2) is 72.9 Å².